The Morgan fingerprint density at radius 3 is 2.42 bits per heavy atom. The average Bonchev–Trinajstić information content (AvgIpc) is 2.28. The molecule has 110 valence electrons. The number of rotatable bonds is 4. The molecule has 0 aliphatic heterocycles. The summed E-state index contributed by atoms with van der Waals surface area (Å²) in [6.07, 6.45) is -0.285. The zero-order valence-electron chi connectivity index (χ0n) is 11.8. The lowest BCUT2D eigenvalue weighted by Crippen LogP contribution is -2.36. The van der Waals surface area contributed by atoms with E-state index in [1.165, 1.54) is 19.2 Å². The maximum absolute atomic E-state index is 13.3. The van der Waals surface area contributed by atoms with Crippen molar-refractivity contribution in [1.82, 2.24) is 0 Å². The highest BCUT2D eigenvalue weighted by Crippen LogP contribution is 2.29. The van der Waals surface area contributed by atoms with Crippen molar-refractivity contribution >= 4 is 12.4 Å². The molecule has 0 amide bonds. The van der Waals surface area contributed by atoms with E-state index < -0.39 is 11.9 Å². The van der Waals surface area contributed by atoms with Crippen LogP contribution < -0.4 is 10.5 Å². The summed E-state index contributed by atoms with van der Waals surface area (Å²) in [5.41, 5.74) is 6.56. The topological polar surface area (TPSA) is 55.5 Å². The van der Waals surface area contributed by atoms with Crippen molar-refractivity contribution < 1.29 is 14.2 Å². The molecule has 0 unspecified atom stereocenters. The number of halogens is 2. The van der Waals surface area contributed by atoms with Crippen molar-refractivity contribution in [2.45, 2.75) is 39.3 Å². The summed E-state index contributed by atoms with van der Waals surface area (Å²) in [6.45, 7) is 6.07. The van der Waals surface area contributed by atoms with Crippen molar-refractivity contribution in [3.8, 4) is 5.75 Å². The van der Waals surface area contributed by atoms with Gasteiger partial charge in [-0.05, 0) is 29.5 Å². The van der Waals surface area contributed by atoms with Crippen LogP contribution in [0.2, 0.25) is 0 Å². The minimum absolute atomic E-state index is 0. The molecule has 1 rings (SSSR count). The van der Waals surface area contributed by atoms with E-state index in [-0.39, 0.29) is 29.6 Å². The van der Waals surface area contributed by atoms with Crippen molar-refractivity contribution in [2.75, 3.05) is 7.11 Å². The van der Waals surface area contributed by atoms with Gasteiger partial charge in [0.25, 0.3) is 0 Å². The Labute approximate surface area is 120 Å². The van der Waals surface area contributed by atoms with Gasteiger partial charge in [-0.2, -0.15) is 0 Å². The van der Waals surface area contributed by atoms with Crippen molar-refractivity contribution in [1.29, 1.82) is 0 Å². The standard InChI is InChI=1S/C14H22FNO2.ClH/c1-14(2,3)13(16)8-11(17)9-5-6-10(15)12(7-9)18-4;/h5-7,11,13,17H,8,16H2,1-4H3;1H/t11-,13+;/m1./s1. The molecule has 0 aromatic heterocycles. The Bertz CT molecular complexity index is 407. The number of methoxy groups -OCH3 is 1. The van der Waals surface area contributed by atoms with E-state index in [9.17, 15) is 9.50 Å². The molecular formula is C14H23ClFNO2. The summed E-state index contributed by atoms with van der Waals surface area (Å²) >= 11 is 0. The summed E-state index contributed by atoms with van der Waals surface area (Å²) < 4.78 is 18.1. The lowest BCUT2D eigenvalue weighted by atomic mass is 9.83. The number of ether oxygens (including phenoxy) is 1. The minimum Gasteiger partial charge on any atom is -0.494 e. The van der Waals surface area contributed by atoms with E-state index in [4.69, 9.17) is 10.5 Å². The minimum atomic E-state index is -0.714. The maximum Gasteiger partial charge on any atom is 0.165 e. The molecule has 3 N–H and O–H groups in total. The van der Waals surface area contributed by atoms with E-state index in [1.54, 1.807) is 6.07 Å². The first-order valence-electron chi connectivity index (χ1n) is 6.02. The largest absolute Gasteiger partial charge is 0.494 e. The fourth-order valence-electron chi connectivity index (χ4n) is 1.61. The van der Waals surface area contributed by atoms with Gasteiger partial charge in [0.15, 0.2) is 11.6 Å². The summed E-state index contributed by atoms with van der Waals surface area (Å²) in [4.78, 5) is 0. The third-order valence-corrected chi connectivity index (χ3v) is 3.15. The van der Waals surface area contributed by atoms with Gasteiger partial charge in [-0.15, -0.1) is 12.4 Å². The molecule has 0 aliphatic carbocycles. The number of hydrogen-bond donors (Lipinski definition) is 2. The van der Waals surface area contributed by atoms with Gasteiger partial charge in [-0.25, -0.2) is 4.39 Å². The molecule has 2 atom stereocenters. The van der Waals surface area contributed by atoms with Gasteiger partial charge in [-0.1, -0.05) is 26.8 Å². The Kier molecular flexibility index (Phi) is 6.77. The van der Waals surface area contributed by atoms with Crippen LogP contribution in [-0.2, 0) is 0 Å². The Morgan fingerprint density at radius 1 is 1.37 bits per heavy atom. The fraction of sp³-hybridized carbons (Fsp3) is 0.571. The second-order valence-electron chi connectivity index (χ2n) is 5.62. The van der Waals surface area contributed by atoms with Crippen LogP contribution in [0.3, 0.4) is 0 Å². The number of aliphatic hydroxyl groups excluding tert-OH is 1. The second kappa shape index (κ2) is 7.08. The fourth-order valence-corrected chi connectivity index (χ4v) is 1.61. The molecule has 1 aromatic rings. The molecule has 0 aliphatic rings. The van der Waals surface area contributed by atoms with Gasteiger partial charge < -0.3 is 15.6 Å². The predicted molar refractivity (Wildman–Crippen MR) is 77.2 cm³/mol. The molecule has 3 nitrogen and oxygen atoms in total. The Morgan fingerprint density at radius 2 is 1.95 bits per heavy atom. The molecular weight excluding hydrogens is 269 g/mol. The highest BCUT2D eigenvalue weighted by atomic mass is 35.5. The molecule has 1 aromatic carbocycles. The van der Waals surface area contributed by atoms with Gasteiger partial charge in [-0.3, -0.25) is 0 Å². The lowest BCUT2D eigenvalue weighted by molar-refractivity contribution is 0.133. The molecule has 0 spiro atoms. The van der Waals surface area contributed by atoms with Crippen LogP contribution in [0.25, 0.3) is 0 Å². The number of nitrogens with two attached hydrogens (primary N) is 1. The molecule has 0 radical (unpaired) electrons. The van der Waals surface area contributed by atoms with Crippen LogP contribution in [0.15, 0.2) is 18.2 Å². The van der Waals surface area contributed by atoms with Crippen molar-refractivity contribution in [3.05, 3.63) is 29.6 Å². The third-order valence-electron chi connectivity index (χ3n) is 3.15. The quantitative estimate of drug-likeness (QED) is 0.896. The van der Waals surface area contributed by atoms with Crippen molar-refractivity contribution in [3.63, 3.8) is 0 Å². The zero-order chi connectivity index (χ0) is 13.9. The second-order valence-corrected chi connectivity index (χ2v) is 5.62. The SMILES string of the molecule is COc1cc([C@H](O)C[C@H](N)C(C)(C)C)ccc1F.Cl. The van der Waals surface area contributed by atoms with Gasteiger partial charge in [0.1, 0.15) is 0 Å². The van der Waals surface area contributed by atoms with E-state index >= 15 is 0 Å². The molecule has 5 heteroatoms. The van der Waals surface area contributed by atoms with E-state index in [0.717, 1.165) is 0 Å². The van der Waals surface area contributed by atoms with Crippen LogP contribution >= 0.6 is 12.4 Å². The molecule has 0 saturated heterocycles. The zero-order valence-corrected chi connectivity index (χ0v) is 12.6. The van der Waals surface area contributed by atoms with Crippen LogP contribution in [0.5, 0.6) is 5.75 Å². The third kappa shape index (κ3) is 4.97. The smallest absolute Gasteiger partial charge is 0.165 e. The summed E-state index contributed by atoms with van der Waals surface area (Å²) in [5.74, 6) is -0.301. The molecule has 0 bridgehead atoms. The number of aliphatic hydroxyl groups is 1. The monoisotopic (exact) mass is 291 g/mol. The van der Waals surface area contributed by atoms with Crippen LogP contribution in [0.4, 0.5) is 4.39 Å². The van der Waals surface area contributed by atoms with E-state index in [0.29, 0.717) is 12.0 Å². The van der Waals surface area contributed by atoms with Crippen LogP contribution in [0, 0.1) is 11.2 Å². The molecule has 19 heavy (non-hydrogen) atoms. The van der Waals surface area contributed by atoms with Gasteiger partial charge >= 0.3 is 0 Å². The maximum atomic E-state index is 13.3. The highest BCUT2D eigenvalue weighted by Gasteiger charge is 2.24. The summed E-state index contributed by atoms with van der Waals surface area (Å²) in [5, 5.41) is 10.1. The Balaban J connectivity index is 0.00000324. The van der Waals surface area contributed by atoms with Crippen LogP contribution in [0.1, 0.15) is 38.9 Å². The average molecular weight is 292 g/mol. The predicted octanol–water partition coefficient (Wildman–Crippen LogP) is 3.05. The first-order chi connectivity index (χ1) is 8.25. The van der Waals surface area contributed by atoms with Gasteiger partial charge in [0, 0.05) is 6.04 Å². The summed E-state index contributed by atoms with van der Waals surface area (Å²) in [7, 11) is 1.40. The highest BCUT2D eigenvalue weighted by molar-refractivity contribution is 5.85. The van der Waals surface area contributed by atoms with Gasteiger partial charge in [0.05, 0.1) is 13.2 Å². The first kappa shape index (κ1) is 18.2. The van der Waals surface area contributed by atoms with Crippen molar-refractivity contribution in [2.24, 2.45) is 11.1 Å². The first-order valence-corrected chi connectivity index (χ1v) is 6.02. The Hall–Kier alpha value is -0.840. The molecule has 0 heterocycles. The molecule has 0 saturated carbocycles. The van der Waals surface area contributed by atoms with Crippen LogP contribution in [-0.4, -0.2) is 18.3 Å². The normalized spacial score (nSPS) is 14.5. The lowest BCUT2D eigenvalue weighted by Gasteiger charge is -2.29. The number of benzene rings is 1. The van der Waals surface area contributed by atoms with Gasteiger partial charge in [0.2, 0.25) is 0 Å². The number of hydrogen-bond acceptors (Lipinski definition) is 3. The summed E-state index contributed by atoms with van der Waals surface area (Å²) in [6, 6.07) is 4.22. The van der Waals surface area contributed by atoms with E-state index in [1.807, 2.05) is 20.8 Å². The molecule has 0 fully saturated rings. The van der Waals surface area contributed by atoms with E-state index in [2.05, 4.69) is 0 Å².